The van der Waals surface area contributed by atoms with E-state index in [1.54, 1.807) is 18.2 Å². The average Bonchev–Trinajstić information content (AvgIpc) is 3.19. The summed E-state index contributed by atoms with van der Waals surface area (Å²) in [7, 11) is 0. The van der Waals surface area contributed by atoms with Gasteiger partial charge in [-0.05, 0) is 36.8 Å². The van der Waals surface area contributed by atoms with Crippen LogP contribution in [-0.2, 0) is 9.53 Å². The van der Waals surface area contributed by atoms with Crippen molar-refractivity contribution in [2.45, 2.75) is 13.0 Å². The van der Waals surface area contributed by atoms with Crippen LogP contribution in [0.3, 0.4) is 0 Å². The summed E-state index contributed by atoms with van der Waals surface area (Å²) in [5, 5.41) is 0. The molecule has 0 bridgehead atoms. The van der Waals surface area contributed by atoms with E-state index < -0.39 is 0 Å². The monoisotopic (exact) mass is 244 g/mol. The van der Waals surface area contributed by atoms with Crippen molar-refractivity contribution in [2.24, 2.45) is 0 Å². The summed E-state index contributed by atoms with van der Waals surface area (Å²) in [6.07, 6.45) is 6.86. The molecule has 1 atom stereocenters. The molecule has 0 spiro atoms. The Hall–Kier alpha value is -1.87. The molecule has 1 aliphatic rings. The van der Waals surface area contributed by atoms with Crippen molar-refractivity contribution in [1.82, 2.24) is 0 Å². The Morgan fingerprint density at radius 2 is 2.11 bits per heavy atom. The minimum absolute atomic E-state index is 0.0105. The Morgan fingerprint density at radius 3 is 2.72 bits per heavy atom. The summed E-state index contributed by atoms with van der Waals surface area (Å²) in [6.45, 7) is 3.23. The molecule has 1 saturated heterocycles. The van der Waals surface area contributed by atoms with Crippen LogP contribution in [0.1, 0.15) is 12.5 Å². The van der Waals surface area contributed by atoms with E-state index in [9.17, 15) is 4.79 Å². The second kappa shape index (κ2) is 6.17. The molecule has 0 saturated carbocycles. The first-order valence-electron chi connectivity index (χ1n) is 5.97. The maximum atomic E-state index is 11.3. The van der Waals surface area contributed by atoms with Crippen LogP contribution in [-0.4, -0.2) is 25.1 Å². The van der Waals surface area contributed by atoms with Gasteiger partial charge in [0.05, 0.1) is 6.61 Å². The van der Waals surface area contributed by atoms with Gasteiger partial charge in [0.25, 0.3) is 0 Å². The second-order valence-electron chi connectivity index (χ2n) is 4.07. The molecule has 1 aromatic carbocycles. The number of allylic oxidation sites excluding steroid dienone is 3. The smallest absolute Gasteiger partial charge is 0.178 e. The zero-order valence-corrected chi connectivity index (χ0v) is 10.3. The third kappa shape index (κ3) is 4.18. The maximum Gasteiger partial charge on any atom is 0.178 e. The number of epoxide rings is 1. The topological polar surface area (TPSA) is 38.8 Å². The number of hydrogen-bond donors (Lipinski definition) is 0. The van der Waals surface area contributed by atoms with E-state index in [1.807, 2.05) is 31.2 Å². The first-order valence-corrected chi connectivity index (χ1v) is 5.97. The third-order valence-electron chi connectivity index (χ3n) is 2.49. The maximum absolute atomic E-state index is 11.3. The average molecular weight is 244 g/mol. The fourth-order valence-electron chi connectivity index (χ4n) is 1.43. The molecule has 3 nitrogen and oxygen atoms in total. The zero-order valence-electron chi connectivity index (χ0n) is 10.3. The zero-order chi connectivity index (χ0) is 12.8. The molecule has 3 heteroatoms. The van der Waals surface area contributed by atoms with E-state index in [2.05, 4.69) is 0 Å². The SMILES string of the molecule is CC=CC(=O)C=Cc1ccc(OCC2CO2)cc1. The van der Waals surface area contributed by atoms with Crippen LogP contribution in [0.15, 0.2) is 42.5 Å². The molecule has 1 heterocycles. The van der Waals surface area contributed by atoms with E-state index in [0.717, 1.165) is 17.9 Å². The Kier molecular flexibility index (Phi) is 4.31. The first kappa shape index (κ1) is 12.6. The Bertz CT molecular complexity index is 453. The summed E-state index contributed by atoms with van der Waals surface area (Å²) in [5.74, 6) is 0.811. The lowest BCUT2D eigenvalue weighted by Gasteiger charge is -2.03. The molecule has 94 valence electrons. The highest BCUT2D eigenvalue weighted by atomic mass is 16.6. The minimum atomic E-state index is -0.0105. The number of hydrogen-bond acceptors (Lipinski definition) is 3. The van der Waals surface area contributed by atoms with Gasteiger partial charge in [-0.3, -0.25) is 4.79 Å². The molecular formula is C15H16O3. The summed E-state index contributed by atoms with van der Waals surface area (Å²) >= 11 is 0. The van der Waals surface area contributed by atoms with Gasteiger partial charge in [0, 0.05) is 0 Å². The normalized spacial score (nSPS) is 18.4. The van der Waals surface area contributed by atoms with Gasteiger partial charge in [-0.25, -0.2) is 0 Å². The van der Waals surface area contributed by atoms with Crippen LogP contribution < -0.4 is 4.74 Å². The van der Waals surface area contributed by atoms with Crippen molar-refractivity contribution in [3.05, 3.63) is 48.1 Å². The van der Waals surface area contributed by atoms with Crippen LogP contribution in [0.2, 0.25) is 0 Å². The van der Waals surface area contributed by atoms with E-state index in [0.29, 0.717) is 6.61 Å². The van der Waals surface area contributed by atoms with Gasteiger partial charge in [-0.1, -0.05) is 24.3 Å². The molecule has 0 aromatic heterocycles. The predicted molar refractivity (Wildman–Crippen MR) is 70.5 cm³/mol. The highest BCUT2D eigenvalue weighted by Gasteiger charge is 2.22. The van der Waals surface area contributed by atoms with E-state index in [1.165, 1.54) is 6.08 Å². The van der Waals surface area contributed by atoms with Crippen molar-refractivity contribution >= 4 is 11.9 Å². The molecule has 1 aromatic rings. The largest absolute Gasteiger partial charge is 0.491 e. The van der Waals surface area contributed by atoms with Crippen LogP contribution >= 0.6 is 0 Å². The Labute approximate surface area is 107 Å². The lowest BCUT2D eigenvalue weighted by molar-refractivity contribution is -0.110. The van der Waals surface area contributed by atoms with Crippen molar-refractivity contribution in [3.8, 4) is 5.75 Å². The highest BCUT2D eigenvalue weighted by Crippen LogP contribution is 2.16. The predicted octanol–water partition coefficient (Wildman–Crippen LogP) is 2.62. The molecule has 1 fully saturated rings. The molecule has 1 unspecified atom stereocenters. The molecule has 0 radical (unpaired) electrons. The standard InChI is InChI=1S/C15H16O3/c1-2-3-13(16)7-4-12-5-8-14(9-6-12)17-10-15-11-18-15/h2-9,15H,10-11H2,1H3. The first-order chi connectivity index (χ1) is 8.78. The Balaban J connectivity index is 1.87. The number of ketones is 1. The molecule has 18 heavy (non-hydrogen) atoms. The lowest BCUT2D eigenvalue weighted by Crippen LogP contribution is -2.03. The molecule has 0 amide bonds. The number of rotatable bonds is 6. The lowest BCUT2D eigenvalue weighted by atomic mass is 10.2. The summed E-state index contributed by atoms with van der Waals surface area (Å²) < 4.78 is 10.6. The van der Waals surface area contributed by atoms with E-state index in [-0.39, 0.29) is 11.9 Å². The van der Waals surface area contributed by atoms with Gasteiger partial charge < -0.3 is 9.47 Å². The number of carbonyl (C=O) groups is 1. The van der Waals surface area contributed by atoms with E-state index in [4.69, 9.17) is 9.47 Å². The van der Waals surface area contributed by atoms with E-state index >= 15 is 0 Å². The highest BCUT2D eigenvalue weighted by molar-refractivity contribution is 6.01. The van der Waals surface area contributed by atoms with Gasteiger partial charge in [-0.15, -0.1) is 0 Å². The van der Waals surface area contributed by atoms with Gasteiger partial charge in [-0.2, -0.15) is 0 Å². The second-order valence-corrected chi connectivity index (χ2v) is 4.07. The van der Waals surface area contributed by atoms with Gasteiger partial charge >= 0.3 is 0 Å². The van der Waals surface area contributed by atoms with Crippen molar-refractivity contribution in [3.63, 3.8) is 0 Å². The molecular weight excluding hydrogens is 228 g/mol. The number of carbonyl (C=O) groups excluding carboxylic acids is 1. The van der Waals surface area contributed by atoms with Gasteiger partial charge in [0.15, 0.2) is 5.78 Å². The molecule has 0 N–H and O–H groups in total. The fraction of sp³-hybridized carbons (Fsp3) is 0.267. The molecule has 0 aliphatic carbocycles. The van der Waals surface area contributed by atoms with Crippen LogP contribution in [0.4, 0.5) is 0 Å². The summed E-state index contributed by atoms with van der Waals surface area (Å²) in [6, 6.07) is 7.62. The minimum Gasteiger partial charge on any atom is -0.491 e. The van der Waals surface area contributed by atoms with Crippen molar-refractivity contribution in [2.75, 3.05) is 13.2 Å². The fourth-order valence-corrected chi connectivity index (χ4v) is 1.43. The number of benzene rings is 1. The van der Waals surface area contributed by atoms with Crippen molar-refractivity contribution in [1.29, 1.82) is 0 Å². The van der Waals surface area contributed by atoms with Crippen LogP contribution in [0.5, 0.6) is 5.75 Å². The van der Waals surface area contributed by atoms with Crippen LogP contribution in [0.25, 0.3) is 6.08 Å². The quantitative estimate of drug-likeness (QED) is 0.570. The molecule has 2 rings (SSSR count). The van der Waals surface area contributed by atoms with Crippen molar-refractivity contribution < 1.29 is 14.3 Å². The summed E-state index contributed by atoms with van der Waals surface area (Å²) in [5.41, 5.74) is 0.975. The van der Waals surface area contributed by atoms with Crippen LogP contribution in [0, 0.1) is 0 Å². The number of ether oxygens (including phenoxy) is 2. The summed E-state index contributed by atoms with van der Waals surface area (Å²) in [4.78, 5) is 11.3. The third-order valence-corrected chi connectivity index (χ3v) is 2.49. The van der Waals surface area contributed by atoms with Gasteiger partial charge in [0.2, 0.25) is 0 Å². The molecule has 1 aliphatic heterocycles. The van der Waals surface area contributed by atoms with Gasteiger partial charge in [0.1, 0.15) is 18.5 Å². The Morgan fingerprint density at radius 1 is 1.39 bits per heavy atom.